The second kappa shape index (κ2) is 20.3. The molecule has 0 spiro atoms. The second-order valence-electron chi connectivity index (χ2n) is 10.2. The van der Waals surface area contributed by atoms with Gasteiger partial charge in [0.05, 0.1) is 18.9 Å². The summed E-state index contributed by atoms with van der Waals surface area (Å²) in [5.41, 5.74) is 2.78. The van der Waals surface area contributed by atoms with E-state index in [0.717, 1.165) is 35.8 Å². The summed E-state index contributed by atoms with van der Waals surface area (Å²) in [5, 5.41) is 5.68. The van der Waals surface area contributed by atoms with Crippen molar-refractivity contribution < 1.29 is 9.53 Å². The lowest BCUT2D eigenvalue weighted by molar-refractivity contribution is -0.115. The quantitative estimate of drug-likeness (QED) is 0.156. The van der Waals surface area contributed by atoms with Crippen molar-refractivity contribution in [2.75, 3.05) is 17.8 Å². The summed E-state index contributed by atoms with van der Waals surface area (Å²) in [4.78, 5) is 14.9. The van der Waals surface area contributed by atoms with Gasteiger partial charge >= 0.3 is 0 Å². The summed E-state index contributed by atoms with van der Waals surface area (Å²) >= 11 is 8.27. The maximum atomic E-state index is 12.7. The van der Waals surface area contributed by atoms with Gasteiger partial charge in [-0.3, -0.25) is 4.79 Å². The molecule has 7 heteroatoms. The van der Waals surface area contributed by atoms with E-state index in [4.69, 9.17) is 16.3 Å². The smallest absolute Gasteiger partial charge is 0.228 e. The van der Waals surface area contributed by atoms with Gasteiger partial charge in [0.2, 0.25) is 5.91 Å². The van der Waals surface area contributed by atoms with Crippen LogP contribution in [-0.2, 0) is 17.8 Å². The monoisotopic (exact) mass is 636 g/mol. The molecule has 1 aliphatic heterocycles. The summed E-state index contributed by atoms with van der Waals surface area (Å²) in [5.74, 6) is 1.66. The lowest BCUT2D eigenvalue weighted by atomic mass is 10.1. The third-order valence-electron chi connectivity index (χ3n) is 6.85. The second-order valence-corrected chi connectivity index (χ2v) is 11.5. The van der Waals surface area contributed by atoms with E-state index in [1.807, 2.05) is 36.4 Å². The number of carbonyl (C=O) groups is 1. The Morgan fingerprint density at radius 3 is 2.28 bits per heavy atom. The molecule has 0 unspecified atom stereocenters. The third-order valence-corrected chi connectivity index (χ3v) is 7.99. The van der Waals surface area contributed by atoms with Crippen LogP contribution in [0.1, 0.15) is 95.1 Å². The SMILES string of the molecule is Br.CCCCCCCCCCCCCCOc1ccc(CC(=O)Nc2cccc(CN3C=CSC3)c2)c(Cl)c1. The summed E-state index contributed by atoms with van der Waals surface area (Å²) in [7, 11) is 0. The number of carbonyl (C=O) groups excluding carboxylic acids is 1. The Morgan fingerprint density at radius 2 is 1.64 bits per heavy atom. The van der Waals surface area contributed by atoms with Crippen molar-refractivity contribution in [2.24, 2.45) is 0 Å². The number of benzene rings is 2. The summed E-state index contributed by atoms with van der Waals surface area (Å²) in [6, 6.07) is 13.7. The summed E-state index contributed by atoms with van der Waals surface area (Å²) in [6.07, 6.45) is 18.3. The summed E-state index contributed by atoms with van der Waals surface area (Å²) < 4.78 is 5.91. The first kappa shape index (κ1) is 33.6. The molecule has 0 saturated heterocycles. The lowest BCUT2D eigenvalue weighted by Crippen LogP contribution is -2.16. The first-order valence-corrected chi connectivity index (χ1v) is 15.9. The number of ether oxygens (including phenoxy) is 1. The molecule has 0 aliphatic carbocycles. The highest BCUT2D eigenvalue weighted by Gasteiger charge is 2.11. The van der Waals surface area contributed by atoms with Gasteiger partial charge in [-0.1, -0.05) is 107 Å². The number of amides is 1. The number of hydrogen-bond acceptors (Lipinski definition) is 4. The normalized spacial score (nSPS) is 12.4. The number of halogens is 2. The van der Waals surface area contributed by atoms with E-state index in [0.29, 0.717) is 11.6 Å². The van der Waals surface area contributed by atoms with E-state index < -0.39 is 0 Å². The largest absolute Gasteiger partial charge is 0.494 e. The van der Waals surface area contributed by atoms with Crippen LogP contribution in [0.3, 0.4) is 0 Å². The number of thioether (sulfide) groups is 1. The zero-order chi connectivity index (χ0) is 26.8. The molecule has 0 fully saturated rings. The fourth-order valence-electron chi connectivity index (χ4n) is 4.66. The zero-order valence-electron chi connectivity index (χ0n) is 23.5. The van der Waals surface area contributed by atoms with E-state index in [2.05, 4.69) is 34.8 Å². The van der Waals surface area contributed by atoms with Crippen LogP contribution in [-0.4, -0.2) is 23.3 Å². The van der Waals surface area contributed by atoms with Crippen LogP contribution in [0.4, 0.5) is 5.69 Å². The standard InChI is InChI=1S/C32H45ClN2O2S.BrH/c1-2-3-4-5-6-7-8-9-10-11-12-13-20-37-30-18-17-28(31(33)24-30)23-32(36)34-29-16-14-15-27(22-29)25-35-19-21-38-26-35;/h14-19,21-22,24H,2-13,20,23,25-26H2,1H3,(H,34,36);1H. The Morgan fingerprint density at radius 1 is 0.949 bits per heavy atom. The first-order chi connectivity index (χ1) is 18.6. The number of hydrogen-bond donors (Lipinski definition) is 1. The maximum Gasteiger partial charge on any atom is 0.228 e. The number of unbranched alkanes of at least 4 members (excludes halogenated alkanes) is 11. The third kappa shape index (κ3) is 14.0. The van der Waals surface area contributed by atoms with Crippen molar-refractivity contribution in [1.82, 2.24) is 4.90 Å². The van der Waals surface area contributed by atoms with E-state index in [-0.39, 0.29) is 29.3 Å². The predicted molar refractivity (Wildman–Crippen MR) is 174 cm³/mol. The Labute approximate surface area is 256 Å². The Kier molecular flexibility index (Phi) is 17.5. The molecule has 1 heterocycles. The van der Waals surface area contributed by atoms with Gasteiger partial charge in [0, 0.05) is 23.5 Å². The van der Waals surface area contributed by atoms with Gasteiger partial charge in [-0.2, -0.15) is 0 Å². The molecule has 0 aromatic heterocycles. The molecule has 3 rings (SSSR count). The minimum atomic E-state index is -0.0779. The van der Waals surface area contributed by atoms with E-state index in [1.165, 1.54) is 76.2 Å². The lowest BCUT2D eigenvalue weighted by Gasteiger charge is -2.15. The maximum absolute atomic E-state index is 12.7. The molecule has 2 aromatic rings. The molecule has 1 aliphatic rings. The predicted octanol–water partition coefficient (Wildman–Crippen LogP) is 10.2. The highest BCUT2D eigenvalue weighted by atomic mass is 79.9. The van der Waals surface area contributed by atoms with Gasteiger partial charge in [0.15, 0.2) is 0 Å². The van der Waals surface area contributed by atoms with Crippen LogP contribution in [0.15, 0.2) is 54.1 Å². The highest BCUT2D eigenvalue weighted by Crippen LogP contribution is 2.24. The van der Waals surface area contributed by atoms with Gasteiger partial charge in [-0.25, -0.2) is 0 Å². The Bertz CT molecular complexity index is 1000. The first-order valence-electron chi connectivity index (χ1n) is 14.5. The average Bonchev–Trinajstić information content (AvgIpc) is 3.41. The molecular formula is C32H46BrClN2O2S. The van der Waals surface area contributed by atoms with Crippen LogP contribution in [0.2, 0.25) is 5.02 Å². The van der Waals surface area contributed by atoms with E-state index in [1.54, 1.807) is 11.8 Å². The van der Waals surface area contributed by atoms with Crippen LogP contribution in [0, 0.1) is 0 Å². The van der Waals surface area contributed by atoms with Gasteiger partial charge in [0.1, 0.15) is 5.75 Å². The van der Waals surface area contributed by atoms with E-state index in [9.17, 15) is 4.79 Å². The van der Waals surface area contributed by atoms with Crippen LogP contribution >= 0.6 is 40.3 Å². The molecule has 216 valence electrons. The summed E-state index contributed by atoms with van der Waals surface area (Å²) in [6.45, 7) is 3.81. The minimum absolute atomic E-state index is 0. The van der Waals surface area contributed by atoms with Crippen LogP contribution < -0.4 is 10.1 Å². The van der Waals surface area contributed by atoms with Crippen LogP contribution in [0.5, 0.6) is 5.75 Å². The van der Waals surface area contributed by atoms with Crippen LogP contribution in [0.25, 0.3) is 0 Å². The Balaban J connectivity index is 0.00000533. The fraction of sp³-hybridized carbons (Fsp3) is 0.531. The average molecular weight is 638 g/mol. The topological polar surface area (TPSA) is 41.6 Å². The van der Waals surface area contributed by atoms with Crippen molar-refractivity contribution in [3.8, 4) is 5.75 Å². The molecule has 0 bridgehead atoms. The van der Waals surface area contributed by atoms with E-state index >= 15 is 0 Å². The van der Waals surface area contributed by atoms with Gasteiger partial charge in [-0.15, -0.1) is 28.7 Å². The fourth-order valence-corrected chi connectivity index (χ4v) is 5.61. The molecule has 0 saturated carbocycles. The molecular weight excluding hydrogens is 592 g/mol. The number of nitrogens with one attached hydrogen (secondary N) is 1. The van der Waals surface area contributed by atoms with Gasteiger partial charge in [0.25, 0.3) is 0 Å². The van der Waals surface area contributed by atoms with Crippen molar-refractivity contribution in [2.45, 2.75) is 96.9 Å². The number of anilines is 1. The zero-order valence-corrected chi connectivity index (χ0v) is 26.8. The number of nitrogens with zero attached hydrogens (tertiary/aromatic N) is 1. The number of rotatable bonds is 19. The minimum Gasteiger partial charge on any atom is -0.494 e. The molecule has 0 atom stereocenters. The molecule has 0 radical (unpaired) electrons. The van der Waals surface area contributed by atoms with Crippen molar-refractivity contribution in [3.05, 3.63) is 70.2 Å². The molecule has 39 heavy (non-hydrogen) atoms. The van der Waals surface area contributed by atoms with Crippen molar-refractivity contribution in [1.29, 1.82) is 0 Å². The molecule has 2 aromatic carbocycles. The highest BCUT2D eigenvalue weighted by molar-refractivity contribution is 8.93. The molecule has 1 amide bonds. The van der Waals surface area contributed by atoms with Crippen molar-refractivity contribution >= 4 is 51.9 Å². The van der Waals surface area contributed by atoms with Gasteiger partial charge in [-0.05, 0) is 47.2 Å². The molecule has 1 N–H and O–H groups in total. The van der Waals surface area contributed by atoms with Gasteiger partial charge < -0.3 is 15.0 Å². The Hall–Kier alpha value is -1.63. The van der Waals surface area contributed by atoms with Crippen molar-refractivity contribution in [3.63, 3.8) is 0 Å². The molecule has 4 nitrogen and oxygen atoms in total.